The second-order valence-electron chi connectivity index (χ2n) is 7.60. The summed E-state index contributed by atoms with van der Waals surface area (Å²) in [5.74, 6) is 0.748. The third-order valence-corrected chi connectivity index (χ3v) is 5.08. The maximum absolute atomic E-state index is 15.7. The van der Waals surface area contributed by atoms with Crippen molar-refractivity contribution in [3.05, 3.63) is 35.7 Å². The van der Waals surface area contributed by atoms with Gasteiger partial charge in [0.15, 0.2) is 0 Å². The van der Waals surface area contributed by atoms with Crippen molar-refractivity contribution < 1.29 is 13.9 Å². The van der Waals surface area contributed by atoms with Crippen molar-refractivity contribution in [2.75, 3.05) is 18.5 Å². The fourth-order valence-corrected chi connectivity index (χ4v) is 3.62. The number of hydrogen-bond acceptors (Lipinski definition) is 5. The van der Waals surface area contributed by atoms with Crippen LogP contribution in [0.4, 0.5) is 15.1 Å². The highest BCUT2D eigenvalue weighted by Crippen LogP contribution is 2.39. The standard InChI is InChI=1S/C21H25FN6O2/c1-4-23-21(29)28-20-26-14-8-13(12-9-24-19(11(2)3)25-10-12)17(22)16(18(14)27-20)15-6-5-7-30-15/h8-11,15H,4-7H2,1-3H3,(H3,23,26,27,28,29)/t15-/m1/s1. The molecule has 1 fully saturated rings. The lowest BCUT2D eigenvalue weighted by Gasteiger charge is -2.15. The first-order valence-electron chi connectivity index (χ1n) is 10.2. The number of aromatic amines is 1. The average molecular weight is 412 g/mol. The van der Waals surface area contributed by atoms with Crippen LogP contribution in [0.25, 0.3) is 22.2 Å². The van der Waals surface area contributed by atoms with Gasteiger partial charge in [0.1, 0.15) is 11.6 Å². The van der Waals surface area contributed by atoms with Gasteiger partial charge in [0.25, 0.3) is 0 Å². The molecule has 1 aromatic carbocycles. The molecule has 2 aromatic heterocycles. The lowest BCUT2D eigenvalue weighted by molar-refractivity contribution is 0.110. The molecule has 0 radical (unpaired) electrons. The van der Waals surface area contributed by atoms with E-state index in [9.17, 15) is 4.79 Å². The lowest BCUT2D eigenvalue weighted by Crippen LogP contribution is -2.28. The molecule has 158 valence electrons. The number of carbonyl (C=O) groups is 1. The van der Waals surface area contributed by atoms with Crippen LogP contribution < -0.4 is 10.6 Å². The van der Waals surface area contributed by atoms with Crippen molar-refractivity contribution in [1.82, 2.24) is 25.3 Å². The topological polar surface area (TPSA) is 105 Å². The molecule has 0 saturated carbocycles. The van der Waals surface area contributed by atoms with Crippen molar-refractivity contribution in [1.29, 1.82) is 0 Å². The van der Waals surface area contributed by atoms with E-state index in [1.165, 1.54) is 0 Å². The Labute approximate surface area is 173 Å². The lowest BCUT2D eigenvalue weighted by atomic mass is 9.98. The van der Waals surface area contributed by atoms with Gasteiger partial charge in [0.2, 0.25) is 5.95 Å². The van der Waals surface area contributed by atoms with Crippen LogP contribution in [0.15, 0.2) is 18.5 Å². The number of halogens is 1. The van der Waals surface area contributed by atoms with Crippen LogP contribution in [0, 0.1) is 5.82 Å². The number of hydrogen-bond donors (Lipinski definition) is 3. The summed E-state index contributed by atoms with van der Waals surface area (Å²) in [6.45, 7) is 6.90. The molecular formula is C21H25FN6O2. The summed E-state index contributed by atoms with van der Waals surface area (Å²) >= 11 is 0. The molecular weight excluding hydrogens is 387 g/mol. The molecule has 1 saturated heterocycles. The van der Waals surface area contributed by atoms with Crippen LogP contribution in [0.3, 0.4) is 0 Å². The largest absolute Gasteiger partial charge is 0.373 e. The molecule has 4 rings (SSSR count). The molecule has 2 amide bonds. The Balaban J connectivity index is 1.82. The van der Waals surface area contributed by atoms with Crippen LogP contribution in [-0.2, 0) is 4.74 Å². The van der Waals surface area contributed by atoms with E-state index in [-0.39, 0.29) is 29.8 Å². The summed E-state index contributed by atoms with van der Waals surface area (Å²) in [6.07, 6.45) is 4.47. The smallest absolute Gasteiger partial charge is 0.321 e. The molecule has 0 spiro atoms. The Morgan fingerprint density at radius 3 is 2.77 bits per heavy atom. The quantitative estimate of drug-likeness (QED) is 0.580. The Bertz CT molecular complexity index is 1060. The van der Waals surface area contributed by atoms with E-state index in [1.54, 1.807) is 18.5 Å². The number of aromatic nitrogens is 4. The number of urea groups is 1. The minimum absolute atomic E-state index is 0.183. The van der Waals surface area contributed by atoms with E-state index < -0.39 is 0 Å². The third kappa shape index (κ3) is 3.85. The summed E-state index contributed by atoms with van der Waals surface area (Å²) < 4.78 is 21.5. The molecule has 1 atom stereocenters. The predicted octanol–water partition coefficient (Wildman–Crippen LogP) is 4.28. The van der Waals surface area contributed by atoms with Gasteiger partial charge in [-0.15, -0.1) is 0 Å². The number of ether oxygens (including phenoxy) is 1. The highest BCUT2D eigenvalue weighted by molar-refractivity contribution is 5.92. The number of fused-ring (bicyclic) bond motifs is 1. The van der Waals surface area contributed by atoms with E-state index in [1.807, 2.05) is 20.8 Å². The zero-order valence-corrected chi connectivity index (χ0v) is 17.3. The number of carbonyl (C=O) groups excluding carboxylic acids is 1. The normalized spacial score (nSPS) is 16.4. The maximum Gasteiger partial charge on any atom is 0.321 e. The second kappa shape index (κ2) is 8.35. The van der Waals surface area contributed by atoms with Gasteiger partial charge in [-0.1, -0.05) is 13.8 Å². The van der Waals surface area contributed by atoms with Crippen LogP contribution in [0.5, 0.6) is 0 Å². The summed E-state index contributed by atoms with van der Waals surface area (Å²) in [5, 5.41) is 5.29. The first-order chi connectivity index (χ1) is 14.5. The van der Waals surface area contributed by atoms with E-state index >= 15 is 4.39 Å². The van der Waals surface area contributed by atoms with E-state index in [2.05, 4.69) is 30.6 Å². The van der Waals surface area contributed by atoms with Crippen LogP contribution >= 0.6 is 0 Å². The fraction of sp³-hybridized carbons (Fsp3) is 0.429. The monoisotopic (exact) mass is 412 g/mol. The summed E-state index contributed by atoms with van der Waals surface area (Å²) in [5.41, 5.74) is 2.41. The molecule has 8 nitrogen and oxygen atoms in total. The SMILES string of the molecule is CCNC(=O)Nc1nc2cc(-c3cnc(C(C)C)nc3)c(F)c([C@H]3CCCO3)c2[nH]1. The Morgan fingerprint density at radius 2 is 2.13 bits per heavy atom. The Hall–Kier alpha value is -3.07. The Kier molecular flexibility index (Phi) is 5.63. The number of anilines is 1. The minimum atomic E-state index is -0.386. The van der Waals surface area contributed by atoms with Crippen LogP contribution in [0.1, 0.15) is 57.0 Å². The molecule has 1 aliphatic rings. The van der Waals surface area contributed by atoms with E-state index in [4.69, 9.17) is 4.74 Å². The highest BCUT2D eigenvalue weighted by Gasteiger charge is 2.28. The molecule has 0 aliphatic carbocycles. The zero-order valence-electron chi connectivity index (χ0n) is 17.3. The number of rotatable bonds is 5. The number of benzene rings is 1. The van der Waals surface area contributed by atoms with Crippen molar-refractivity contribution >= 4 is 23.0 Å². The maximum atomic E-state index is 15.7. The molecule has 3 heterocycles. The summed E-state index contributed by atoms with van der Waals surface area (Å²) in [4.78, 5) is 28.1. The third-order valence-electron chi connectivity index (χ3n) is 5.08. The average Bonchev–Trinajstić information content (AvgIpc) is 3.37. The predicted molar refractivity (Wildman–Crippen MR) is 112 cm³/mol. The summed E-state index contributed by atoms with van der Waals surface area (Å²) in [7, 11) is 0. The van der Waals surface area contributed by atoms with Gasteiger partial charge >= 0.3 is 6.03 Å². The van der Waals surface area contributed by atoms with Gasteiger partial charge in [0.05, 0.1) is 17.1 Å². The highest BCUT2D eigenvalue weighted by atomic mass is 19.1. The first-order valence-corrected chi connectivity index (χ1v) is 10.2. The number of nitrogens with zero attached hydrogens (tertiary/aromatic N) is 3. The molecule has 3 N–H and O–H groups in total. The van der Waals surface area contributed by atoms with Gasteiger partial charge in [-0.3, -0.25) is 5.32 Å². The van der Waals surface area contributed by atoms with Gasteiger partial charge in [0, 0.05) is 48.2 Å². The van der Waals surface area contributed by atoms with Crippen LogP contribution in [0.2, 0.25) is 0 Å². The van der Waals surface area contributed by atoms with Crippen molar-refractivity contribution in [2.45, 2.75) is 45.6 Å². The second-order valence-corrected chi connectivity index (χ2v) is 7.60. The number of amides is 2. The summed E-state index contributed by atoms with van der Waals surface area (Å²) in [6, 6.07) is 1.27. The molecule has 3 aromatic rings. The number of nitrogens with one attached hydrogen (secondary N) is 3. The number of H-pyrrole nitrogens is 1. The molecule has 0 bridgehead atoms. The zero-order chi connectivity index (χ0) is 21.3. The molecule has 1 aliphatic heterocycles. The van der Waals surface area contributed by atoms with Gasteiger partial charge in [-0.05, 0) is 25.8 Å². The van der Waals surface area contributed by atoms with Crippen molar-refractivity contribution in [3.8, 4) is 11.1 Å². The minimum Gasteiger partial charge on any atom is -0.373 e. The van der Waals surface area contributed by atoms with Crippen molar-refractivity contribution in [2.24, 2.45) is 0 Å². The van der Waals surface area contributed by atoms with E-state index in [0.717, 1.165) is 12.8 Å². The van der Waals surface area contributed by atoms with Crippen molar-refractivity contribution in [3.63, 3.8) is 0 Å². The van der Waals surface area contributed by atoms with Gasteiger partial charge in [-0.25, -0.2) is 24.1 Å². The van der Waals surface area contributed by atoms with Gasteiger partial charge in [-0.2, -0.15) is 0 Å². The number of imidazole rings is 1. The molecule has 30 heavy (non-hydrogen) atoms. The van der Waals surface area contributed by atoms with E-state index in [0.29, 0.717) is 46.7 Å². The Morgan fingerprint density at radius 1 is 1.37 bits per heavy atom. The molecule has 9 heteroatoms. The van der Waals surface area contributed by atoms with Crippen LogP contribution in [-0.4, -0.2) is 39.1 Å². The fourth-order valence-electron chi connectivity index (χ4n) is 3.62. The molecule has 0 unspecified atom stereocenters. The van der Waals surface area contributed by atoms with Gasteiger partial charge < -0.3 is 15.0 Å². The first kappa shape index (κ1) is 20.2.